The number of unbranched alkanes of at least 4 members (excludes halogenated alkanes) is 1. The summed E-state index contributed by atoms with van der Waals surface area (Å²) in [6.07, 6.45) is 5.09. The summed E-state index contributed by atoms with van der Waals surface area (Å²) in [6, 6.07) is 8.33. The van der Waals surface area contributed by atoms with Crippen molar-refractivity contribution in [1.82, 2.24) is 9.80 Å². The van der Waals surface area contributed by atoms with Crippen LogP contribution in [0.2, 0.25) is 0 Å². The highest BCUT2D eigenvalue weighted by Crippen LogP contribution is 2.13. The van der Waals surface area contributed by atoms with E-state index in [2.05, 4.69) is 24.0 Å². The second kappa shape index (κ2) is 9.56. The SMILES string of the molecule is CCCCC(=O)N1CCN(CCCc2ccc(OC)cc2)CC1. The predicted octanol–water partition coefficient (Wildman–Crippen LogP) is 2.96. The highest BCUT2D eigenvalue weighted by molar-refractivity contribution is 5.76. The van der Waals surface area contributed by atoms with Gasteiger partial charge in [0.2, 0.25) is 5.91 Å². The molecule has 0 N–H and O–H groups in total. The van der Waals surface area contributed by atoms with Crippen LogP contribution in [0.15, 0.2) is 24.3 Å². The molecule has 0 atom stereocenters. The van der Waals surface area contributed by atoms with Crippen molar-refractivity contribution in [2.24, 2.45) is 0 Å². The zero-order valence-electron chi connectivity index (χ0n) is 14.6. The van der Waals surface area contributed by atoms with Crippen molar-refractivity contribution in [1.29, 1.82) is 0 Å². The molecular weight excluding hydrogens is 288 g/mol. The van der Waals surface area contributed by atoms with Gasteiger partial charge >= 0.3 is 0 Å². The van der Waals surface area contributed by atoms with Gasteiger partial charge in [0, 0.05) is 32.6 Å². The van der Waals surface area contributed by atoms with Gasteiger partial charge in [0.15, 0.2) is 0 Å². The second-order valence-corrected chi connectivity index (χ2v) is 6.28. The van der Waals surface area contributed by atoms with Crippen LogP contribution in [0.5, 0.6) is 5.75 Å². The molecule has 0 aromatic heterocycles. The lowest BCUT2D eigenvalue weighted by molar-refractivity contribution is -0.133. The zero-order chi connectivity index (χ0) is 16.5. The van der Waals surface area contributed by atoms with Crippen molar-refractivity contribution in [2.75, 3.05) is 39.8 Å². The molecule has 1 aromatic carbocycles. The van der Waals surface area contributed by atoms with Gasteiger partial charge in [-0.1, -0.05) is 25.5 Å². The molecule has 1 amide bonds. The number of hydrogen-bond donors (Lipinski definition) is 0. The fourth-order valence-corrected chi connectivity index (χ4v) is 3.01. The summed E-state index contributed by atoms with van der Waals surface area (Å²) in [5.74, 6) is 1.25. The summed E-state index contributed by atoms with van der Waals surface area (Å²) < 4.78 is 5.18. The smallest absolute Gasteiger partial charge is 0.222 e. The molecular formula is C19H30N2O2. The van der Waals surface area contributed by atoms with Gasteiger partial charge in [-0.15, -0.1) is 0 Å². The normalized spacial score (nSPS) is 15.7. The maximum Gasteiger partial charge on any atom is 0.222 e. The first-order chi connectivity index (χ1) is 11.2. The number of carbonyl (C=O) groups excluding carboxylic acids is 1. The zero-order valence-corrected chi connectivity index (χ0v) is 14.6. The molecule has 23 heavy (non-hydrogen) atoms. The topological polar surface area (TPSA) is 32.8 Å². The van der Waals surface area contributed by atoms with E-state index < -0.39 is 0 Å². The van der Waals surface area contributed by atoms with Gasteiger partial charge in [0.05, 0.1) is 7.11 Å². The molecule has 0 unspecified atom stereocenters. The fraction of sp³-hybridized carbons (Fsp3) is 0.632. The molecule has 0 bridgehead atoms. The van der Waals surface area contributed by atoms with Crippen LogP contribution < -0.4 is 4.74 Å². The number of rotatable bonds is 8. The van der Waals surface area contributed by atoms with Crippen LogP contribution in [0.25, 0.3) is 0 Å². The van der Waals surface area contributed by atoms with E-state index in [1.165, 1.54) is 5.56 Å². The molecule has 1 aromatic rings. The van der Waals surface area contributed by atoms with Crippen LogP contribution in [0.4, 0.5) is 0 Å². The van der Waals surface area contributed by atoms with E-state index in [-0.39, 0.29) is 0 Å². The van der Waals surface area contributed by atoms with E-state index in [9.17, 15) is 4.79 Å². The van der Waals surface area contributed by atoms with E-state index >= 15 is 0 Å². The van der Waals surface area contributed by atoms with E-state index in [0.717, 1.165) is 64.2 Å². The Morgan fingerprint density at radius 2 is 1.78 bits per heavy atom. The van der Waals surface area contributed by atoms with E-state index in [4.69, 9.17) is 4.74 Å². The van der Waals surface area contributed by atoms with Crippen molar-refractivity contribution in [3.8, 4) is 5.75 Å². The first-order valence-corrected chi connectivity index (χ1v) is 8.86. The van der Waals surface area contributed by atoms with Gasteiger partial charge in [-0.05, 0) is 43.5 Å². The standard InChI is InChI=1S/C19H30N2O2/c1-3-4-7-19(22)21-15-13-20(14-16-21)12-5-6-17-8-10-18(23-2)11-9-17/h8-11H,3-7,12-16H2,1-2H3. The van der Waals surface area contributed by atoms with Crippen molar-refractivity contribution < 1.29 is 9.53 Å². The Labute approximate surface area is 140 Å². The third kappa shape index (κ3) is 5.87. The van der Waals surface area contributed by atoms with Crippen LogP contribution in [-0.4, -0.2) is 55.5 Å². The Kier molecular flexibility index (Phi) is 7.40. The summed E-state index contributed by atoms with van der Waals surface area (Å²) in [5.41, 5.74) is 1.36. The molecule has 1 heterocycles. The number of methoxy groups -OCH3 is 1. The molecule has 0 radical (unpaired) electrons. The predicted molar refractivity (Wildman–Crippen MR) is 93.9 cm³/mol. The number of ether oxygens (including phenoxy) is 1. The maximum atomic E-state index is 12.0. The molecule has 0 saturated carbocycles. The number of aryl methyl sites for hydroxylation is 1. The third-order valence-electron chi connectivity index (χ3n) is 4.57. The van der Waals surface area contributed by atoms with E-state index in [1.54, 1.807) is 7.11 Å². The van der Waals surface area contributed by atoms with Crippen molar-refractivity contribution in [3.05, 3.63) is 29.8 Å². The number of nitrogens with zero attached hydrogens (tertiary/aromatic N) is 2. The first-order valence-electron chi connectivity index (χ1n) is 8.86. The Morgan fingerprint density at radius 3 is 2.39 bits per heavy atom. The van der Waals surface area contributed by atoms with Crippen molar-refractivity contribution in [3.63, 3.8) is 0 Å². The van der Waals surface area contributed by atoms with Crippen LogP contribution in [0.1, 0.15) is 38.2 Å². The minimum Gasteiger partial charge on any atom is -0.497 e. The van der Waals surface area contributed by atoms with Crippen LogP contribution in [-0.2, 0) is 11.2 Å². The number of carbonyl (C=O) groups is 1. The molecule has 1 saturated heterocycles. The lowest BCUT2D eigenvalue weighted by Gasteiger charge is -2.34. The molecule has 0 spiro atoms. The first kappa shape index (κ1) is 17.8. The number of hydrogen-bond acceptors (Lipinski definition) is 3. The lowest BCUT2D eigenvalue weighted by Crippen LogP contribution is -2.48. The van der Waals surface area contributed by atoms with Gasteiger partial charge in [0.25, 0.3) is 0 Å². The van der Waals surface area contributed by atoms with Crippen molar-refractivity contribution >= 4 is 5.91 Å². The van der Waals surface area contributed by atoms with Crippen LogP contribution >= 0.6 is 0 Å². The molecule has 1 aliphatic rings. The molecule has 1 aliphatic heterocycles. The average molecular weight is 318 g/mol. The van der Waals surface area contributed by atoms with Gasteiger partial charge in [-0.2, -0.15) is 0 Å². The Balaban J connectivity index is 1.63. The van der Waals surface area contributed by atoms with Gasteiger partial charge in [-0.3, -0.25) is 9.69 Å². The molecule has 0 aliphatic carbocycles. The molecule has 128 valence electrons. The van der Waals surface area contributed by atoms with E-state index in [0.29, 0.717) is 12.3 Å². The fourth-order valence-electron chi connectivity index (χ4n) is 3.01. The summed E-state index contributed by atoms with van der Waals surface area (Å²) >= 11 is 0. The minimum atomic E-state index is 0.338. The Bertz CT molecular complexity index is 465. The summed E-state index contributed by atoms with van der Waals surface area (Å²) in [4.78, 5) is 16.5. The van der Waals surface area contributed by atoms with Crippen LogP contribution in [0.3, 0.4) is 0 Å². The van der Waals surface area contributed by atoms with Crippen LogP contribution in [0, 0.1) is 0 Å². The number of piperazine rings is 1. The summed E-state index contributed by atoms with van der Waals surface area (Å²) in [5, 5.41) is 0. The summed E-state index contributed by atoms with van der Waals surface area (Å²) in [7, 11) is 1.70. The summed E-state index contributed by atoms with van der Waals surface area (Å²) in [6.45, 7) is 7.06. The monoisotopic (exact) mass is 318 g/mol. The van der Waals surface area contributed by atoms with Crippen molar-refractivity contribution in [2.45, 2.75) is 39.0 Å². The molecule has 4 heteroatoms. The maximum absolute atomic E-state index is 12.0. The lowest BCUT2D eigenvalue weighted by atomic mass is 10.1. The highest BCUT2D eigenvalue weighted by atomic mass is 16.5. The number of amides is 1. The number of benzene rings is 1. The highest BCUT2D eigenvalue weighted by Gasteiger charge is 2.19. The van der Waals surface area contributed by atoms with E-state index in [1.807, 2.05) is 17.0 Å². The van der Waals surface area contributed by atoms with Gasteiger partial charge in [0.1, 0.15) is 5.75 Å². The Morgan fingerprint density at radius 1 is 1.09 bits per heavy atom. The van der Waals surface area contributed by atoms with Gasteiger partial charge < -0.3 is 9.64 Å². The molecule has 4 nitrogen and oxygen atoms in total. The third-order valence-corrected chi connectivity index (χ3v) is 4.57. The van der Waals surface area contributed by atoms with Gasteiger partial charge in [-0.25, -0.2) is 0 Å². The molecule has 1 fully saturated rings. The second-order valence-electron chi connectivity index (χ2n) is 6.28. The average Bonchev–Trinajstić information content (AvgIpc) is 2.61. The Hall–Kier alpha value is -1.55. The largest absolute Gasteiger partial charge is 0.497 e. The minimum absolute atomic E-state index is 0.338. The quantitative estimate of drug-likeness (QED) is 0.739. The molecule has 2 rings (SSSR count).